The Kier molecular flexibility index (Phi) is 3.04. The average Bonchev–Trinajstić information content (AvgIpc) is 2.16. The van der Waals surface area contributed by atoms with E-state index in [2.05, 4.69) is 15.9 Å². The van der Waals surface area contributed by atoms with E-state index in [0.717, 1.165) is 11.8 Å². The van der Waals surface area contributed by atoms with Gasteiger partial charge in [0.1, 0.15) is 5.82 Å². The van der Waals surface area contributed by atoms with Crippen molar-refractivity contribution in [2.45, 2.75) is 6.92 Å². The molecule has 66 valence electrons. The number of aromatic nitrogens is 2. The monoisotopic (exact) mass is 176 g/mol. The second-order valence-corrected chi connectivity index (χ2v) is 2.53. The van der Waals surface area contributed by atoms with Crippen LogP contribution in [-0.2, 0) is 0 Å². The minimum Gasteiger partial charge on any atom is -0.339 e. The van der Waals surface area contributed by atoms with Crippen molar-refractivity contribution in [1.29, 1.82) is 0 Å². The van der Waals surface area contributed by atoms with Crippen LogP contribution in [0.3, 0.4) is 0 Å². The lowest BCUT2D eigenvalue weighted by Crippen LogP contribution is -1.76. The molecule has 13 heavy (non-hydrogen) atoms. The number of nitrogens with one attached hydrogen (secondary N) is 1. The summed E-state index contributed by atoms with van der Waals surface area (Å²) in [5.41, 5.74) is 1.29. The third-order valence-electron chi connectivity index (χ3n) is 1.39. The summed E-state index contributed by atoms with van der Waals surface area (Å²) >= 11 is 0. The predicted molar refractivity (Wildman–Crippen MR) is 48.8 cm³/mol. The molecule has 0 saturated heterocycles. The standard InChI is InChI=1S/C10H9FN2/c1-3-10-5-8(2)4-9(11)6-12-7-13-10/h1,4-7H,2H3,(H,12,13). The van der Waals surface area contributed by atoms with Crippen LogP contribution in [0.5, 0.6) is 0 Å². The van der Waals surface area contributed by atoms with Crippen LogP contribution in [-0.4, -0.2) is 9.97 Å². The van der Waals surface area contributed by atoms with E-state index < -0.39 is 5.82 Å². The highest BCUT2D eigenvalue weighted by molar-refractivity contribution is 5.25. The van der Waals surface area contributed by atoms with Crippen molar-refractivity contribution in [3.63, 3.8) is 0 Å². The molecule has 0 unspecified atom stereocenters. The van der Waals surface area contributed by atoms with Crippen LogP contribution in [0.15, 0.2) is 24.7 Å². The summed E-state index contributed by atoms with van der Waals surface area (Å²) in [5, 5.41) is 0. The topological polar surface area (TPSA) is 28.7 Å². The number of hydrogen-bond donors (Lipinski definition) is 1. The van der Waals surface area contributed by atoms with Crippen LogP contribution >= 0.6 is 0 Å². The van der Waals surface area contributed by atoms with Gasteiger partial charge in [0.2, 0.25) is 0 Å². The molecule has 0 aromatic carbocycles. The normalized spacial score (nSPS) is 8.69. The van der Waals surface area contributed by atoms with Crippen molar-refractivity contribution in [2.75, 3.05) is 0 Å². The van der Waals surface area contributed by atoms with E-state index in [4.69, 9.17) is 6.42 Å². The molecule has 0 amide bonds. The van der Waals surface area contributed by atoms with Gasteiger partial charge in [-0.05, 0) is 24.6 Å². The summed E-state index contributed by atoms with van der Waals surface area (Å²) in [5.74, 6) is 2.02. The van der Waals surface area contributed by atoms with Crippen molar-refractivity contribution < 1.29 is 4.39 Å². The predicted octanol–water partition coefficient (Wildman–Crippen LogP) is 1.96. The lowest BCUT2D eigenvalue weighted by Gasteiger charge is -1.85. The quantitative estimate of drug-likeness (QED) is 0.601. The number of rotatable bonds is 0. The van der Waals surface area contributed by atoms with Crippen LogP contribution in [0.2, 0.25) is 0 Å². The number of aryl methyl sites for hydroxylation is 1. The van der Waals surface area contributed by atoms with Gasteiger partial charge in [-0.15, -0.1) is 6.42 Å². The second-order valence-electron chi connectivity index (χ2n) is 2.53. The molecule has 2 nitrogen and oxygen atoms in total. The summed E-state index contributed by atoms with van der Waals surface area (Å²) in [7, 11) is 0. The van der Waals surface area contributed by atoms with Gasteiger partial charge in [-0.2, -0.15) is 0 Å². The molecular formula is C10H9FN2. The summed E-state index contributed by atoms with van der Waals surface area (Å²) in [6, 6.07) is 3.03. The Bertz CT molecular complexity index is 386. The highest BCUT2D eigenvalue weighted by Gasteiger charge is 1.87. The summed E-state index contributed by atoms with van der Waals surface area (Å²) in [4.78, 5) is 6.39. The molecule has 0 aliphatic rings. The molecule has 0 saturated carbocycles. The molecule has 0 bridgehead atoms. The van der Waals surface area contributed by atoms with Crippen LogP contribution in [0.25, 0.3) is 0 Å². The van der Waals surface area contributed by atoms with E-state index in [0.29, 0.717) is 5.69 Å². The van der Waals surface area contributed by atoms with E-state index in [-0.39, 0.29) is 0 Å². The van der Waals surface area contributed by atoms with Gasteiger partial charge in [0, 0.05) is 0 Å². The number of terminal acetylenes is 1. The molecule has 1 aromatic rings. The molecule has 0 aliphatic carbocycles. The fourth-order valence-corrected chi connectivity index (χ4v) is 0.864. The fraction of sp³-hybridized carbons (Fsp3) is 0.100. The number of aromatic amines is 1. The first-order chi connectivity index (χ1) is 6.22. The Labute approximate surface area is 76.2 Å². The van der Waals surface area contributed by atoms with Gasteiger partial charge in [-0.3, -0.25) is 0 Å². The minimum absolute atomic E-state index is 0.398. The number of H-pyrrole nitrogens is 1. The lowest BCUT2D eigenvalue weighted by atomic mass is 10.3. The first kappa shape index (κ1) is 9.27. The summed E-state index contributed by atoms with van der Waals surface area (Å²) < 4.78 is 12.8. The van der Waals surface area contributed by atoms with Crippen molar-refractivity contribution >= 4 is 0 Å². The van der Waals surface area contributed by atoms with Gasteiger partial charge in [-0.25, -0.2) is 9.37 Å². The van der Waals surface area contributed by atoms with E-state index in [1.807, 2.05) is 0 Å². The maximum Gasteiger partial charge on any atom is 0.141 e. The zero-order valence-electron chi connectivity index (χ0n) is 7.21. The molecule has 0 spiro atoms. The fourth-order valence-electron chi connectivity index (χ4n) is 0.864. The molecule has 0 radical (unpaired) electrons. The minimum atomic E-state index is -0.398. The first-order valence-electron chi connectivity index (χ1n) is 3.73. The third kappa shape index (κ3) is 2.96. The smallest absolute Gasteiger partial charge is 0.141 e. The van der Waals surface area contributed by atoms with Gasteiger partial charge < -0.3 is 4.98 Å². The maximum atomic E-state index is 12.8. The molecule has 1 N–H and O–H groups in total. The molecule has 0 atom stereocenters. The maximum absolute atomic E-state index is 12.8. The molecular weight excluding hydrogens is 167 g/mol. The Morgan fingerprint density at radius 3 is 3.00 bits per heavy atom. The van der Waals surface area contributed by atoms with Gasteiger partial charge in [0.15, 0.2) is 0 Å². The Balaban J connectivity index is 3.41. The molecule has 3 heteroatoms. The van der Waals surface area contributed by atoms with E-state index in [1.54, 1.807) is 13.0 Å². The molecule has 0 aliphatic heterocycles. The summed E-state index contributed by atoms with van der Waals surface area (Å²) in [6.45, 7) is 1.76. The number of nitrogens with zero attached hydrogens (tertiary/aromatic N) is 1. The summed E-state index contributed by atoms with van der Waals surface area (Å²) in [6.07, 6.45) is 7.65. The Morgan fingerprint density at radius 1 is 1.54 bits per heavy atom. The van der Waals surface area contributed by atoms with Crippen molar-refractivity contribution in [3.05, 3.63) is 41.7 Å². The first-order valence-corrected chi connectivity index (χ1v) is 3.73. The van der Waals surface area contributed by atoms with Crippen LogP contribution < -0.4 is 0 Å². The zero-order valence-corrected chi connectivity index (χ0v) is 7.21. The van der Waals surface area contributed by atoms with Crippen LogP contribution in [0, 0.1) is 25.1 Å². The van der Waals surface area contributed by atoms with E-state index >= 15 is 0 Å². The molecule has 1 rings (SSSR count). The van der Waals surface area contributed by atoms with Crippen LogP contribution in [0.1, 0.15) is 11.3 Å². The SMILES string of the molecule is C#Cc1cc(C)cc(F)cnc[nH]1. The Hall–Kier alpha value is -1.82. The van der Waals surface area contributed by atoms with Gasteiger partial charge >= 0.3 is 0 Å². The lowest BCUT2D eigenvalue weighted by molar-refractivity contribution is 0.622. The molecule has 1 aromatic heterocycles. The highest BCUT2D eigenvalue weighted by atomic mass is 19.1. The van der Waals surface area contributed by atoms with Crippen LogP contribution in [0.4, 0.5) is 4.39 Å². The van der Waals surface area contributed by atoms with Gasteiger partial charge in [0.25, 0.3) is 0 Å². The van der Waals surface area contributed by atoms with Gasteiger partial charge in [0.05, 0.1) is 18.2 Å². The Morgan fingerprint density at radius 2 is 2.31 bits per heavy atom. The van der Waals surface area contributed by atoms with Crippen molar-refractivity contribution in [3.8, 4) is 12.3 Å². The van der Waals surface area contributed by atoms with E-state index in [1.165, 1.54) is 12.4 Å². The second kappa shape index (κ2) is 4.27. The largest absolute Gasteiger partial charge is 0.339 e. The number of hydrogen-bond acceptors (Lipinski definition) is 1. The third-order valence-corrected chi connectivity index (χ3v) is 1.39. The van der Waals surface area contributed by atoms with Crippen molar-refractivity contribution in [1.82, 2.24) is 9.97 Å². The molecule has 1 heterocycles. The van der Waals surface area contributed by atoms with E-state index in [9.17, 15) is 4.39 Å². The van der Waals surface area contributed by atoms with Crippen molar-refractivity contribution in [2.24, 2.45) is 0 Å². The number of halogens is 1. The van der Waals surface area contributed by atoms with Gasteiger partial charge in [-0.1, -0.05) is 5.92 Å². The zero-order chi connectivity index (χ0) is 9.68. The molecule has 0 fully saturated rings. The highest BCUT2D eigenvalue weighted by Crippen LogP contribution is 1.98. The average molecular weight is 176 g/mol.